The van der Waals surface area contributed by atoms with E-state index in [9.17, 15) is 0 Å². The van der Waals surface area contributed by atoms with E-state index in [0.717, 1.165) is 6.54 Å². The zero-order chi connectivity index (χ0) is 12.2. The minimum Gasteiger partial charge on any atom is -1.00 e. The van der Waals surface area contributed by atoms with Gasteiger partial charge in [0, 0.05) is 5.56 Å². The largest absolute Gasteiger partial charge is 1.00 e. The van der Waals surface area contributed by atoms with Crippen LogP contribution in [-0.4, -0.2) is 6.54 Å². The van der Waals surface area contributed by atoms with Crippen molar-refractivity contribution in [3.63, 3.8) is 0 Å². The van der Waals surface area contributed by atoms with Gasteiger partial charge in [0.25, 0.3) is 0 Å². The first-order chi connectivity index (χ1) is 8.43. The number of rotatable bonds is 10. The summed E-state index contributed by atoms with van der Waals surface area (Å²) in [7, 11) is 0. The maximum Gasteiger partial charge on any atom is 0.101 e. The van der Waals surface area contributed by atoms with Gasteiger partial charge in [-0.05, 0) is 12.8 Å². The summed E-state index contributed by atoms with van der Waals surface area (Å²) >= 11 is 0. The Labute approximate surface area is 111 Å². The monoisotopic (exact) mass is 253 g/mol. The molecule has 1 aromatic carbocycles. The Hall–Kier alpha value is -0.890. The third kappa shape index (κ3) is 9.17. The molecule has 1 nitrogen and oxygen atoms in total. The quantitative estimate of drug-likeness (QED) is 0.585. The van der Waals surface area contributed by atoms with Crippen molar-refractivity contribution in [3.8, 4) is 0 Å². The predicted octanol–water partition coefficient (Wildman–Crippen LogP) is 0.505. The SMILES string of the molecule is CCCCCCCCC[NH2+]Cc1ccccc1.[F-]. The van der Waals surface area contributed by atoms with E-state index in [0.29, 0.717) is 0 Å². The highest BCUT2D eigenvalue weighted by molar-refractivity contribution is 5.12. The summed E-state index contributed by atoms with van der Waals surface area (Å²) in [5.41, 5.74) is 1.44. The Morgan fingerprint density at radius 2 is 1.44 bits per heavy atom. The van der Waals surface area contributed by atoms with E-state index in [1.807, 2.05) is 0 Å². The lowest BCUT2D eigenvalue weighted by Crippen LogP contribution is -3.00. The van der Waals surface area contributed by atoms with E-state index >= 15 is 0 Å². The van der Waals surface area contributed by atoms with E-state index in [4.69, 9.17) is 0 Å². The van der Waals surface area contributed by atoms with E-state index in [2.05, 4.69) is 42.6 Å². The molecule has 0 radical (unpaired) electrons. The van der Waals surface area contributed by atoms with Gasteiger partial charge in [0.1, 0.15) is 6.54 Å². The van der Waals surface area contributed by atoms with Crippen molar-refractivity contribution in [3.05, 3.63) is 35.9 Å². The number of quaternary nitrogens is 1. The fourth-order valence-corrected chi connectivity index (χ4v) is 2.13. The zero-order valence-corrected chi connectivity index (χ0v) is 11.7. The van der Waals surface area contributed by atoms with E-state index in [1.165, 1.54) is 57.1 Å². The van der Waals surface area contributed by atoms with Crippen molar-refractivity contribution >= 4 is 0 Å². The summed E-state index contributed by atoms with van der Waals surface area (Å²) in [6.07, 6.45) is 9.86. The molecule has 0 fully saturated rings. The first kappa shape index (κ1) is 17.1. The molecule has 2 N–H and O–H groups in total. The van der Waals surface area contributed by atoms with Crippen LogP contribution in [-0.2, 0) is 6.54 Å². The summed E-state index contributed by atoms with van der Waals surface area (Å²) in [6.45, 7) is 4.69. The number of hydrogen-bond acceptors (Lipinski definition) is 0. The van der Waals surface area contributed by atoms with Crippen molar-refractivity contribution in [2.24, 2.45) is 0 Å². The Morgan fingerprint density at radius 3 is 2.11 bits per heavy atom. The van der Waals surface area contributed by atoms with Gasteiger partial charge < -0.3 is 10.0 Å². The van der Waals surface area contributed by atoms with Gasteiger partial charge in [-0.3, -0.25) is 0 Å². The third-order valence-electron chi connectivity index (χ3n) is 3.23. The molecule has 0 saturated heterocycles. The summed E-state index contributed by atoms with van der Waals surface area (Å²) < 4.78 is 0. The summed E-state index contributed by atoms with van der Waals surface area (Å²) in [5.74, 6) is 0. The number of hydrogen-bond donors (Lipinski definition) is 1. The standard InChI is InChI=1S/C16H27N.FH/c1-2-3-4-5-6-7-11-14-17-15-16-12-9-8-10-13-16;/h8-10,12-13,17H,2-7,11,14-15H2,1H3;1H. The Balaban J connectivity index is 0.00000289. The molecule has 0 unspecified atom stereocenters. The molecule has 0 spiro atoms. The van der Waals surface area contributed by atoms with E-state index in [-0.39, 0.29) is 4.70 Å². The van der Waals surface area contributed by atoms with Crippen molar-refractivity contribution in [2.75, 3.05) is 6.54 Å². The predicted molar refractivity (Wildman–Crippen MR) is 74.9 cm³/mol. The maximum atomic E-state index is 2.43. The fraction of sp³-hybridized carbons (Fsp3) is 0.625. The van der Waals surface area contributed by atoms with E-state index < -0.39 is 0 Å². The molecule has 0 aliphatic heterocycles. The second kappa shape index (κ2) is 12.6. The van der Waals surface area contributed by atoms with Gasteiger partial charge in [0.15, 0.2) is 0 Å². The van der Waals surface area contributed by atoms with Crippen LogP contribution in [0.25, 0.3) is 0 Å². The molecule has 0 aromatic heterocycles. The molecule has 0 bridgehead atoms. The number of halogens is 1. The molecule has 0 heterocycles. The molecule has 1 rings (SSSR count). The van der Waals surface area contributed by atoms with Gasteiger partial charge in [-0.15, -0.1) is 0 Å². The minimum atomic E-state index is 0. The summed E-state index contributed by atoms with van der Waals surface area (Å²) in [5, 5.41) is 2.43. The van der Waals surface area contributed by atoms with Crippen LogP contribution in [0.1, 0.15) is 57.4 Å². The maximum absolute atomic E-state index is 2.43. The highest BCUT2D eigenvalue weighted by Gasteiger charge is 1.95. The highest BCUT2D eigenvalue weighted by atomic mass is 19.0. The Kier molecular flexibility index (Phi) is 11.9. The first-order valence-corrected chi connectivity index (χ1v) is 7.29. The molecule has 0 saturated carbocycles. The topological polar surface area (TPSA) is 16.6 Å². The fourth-order valence-electron chi connectivity index (χ4n) is 2.13. The van der Waals surface area contributed by atoms with Crippen LogP contribution >= 0.6 is 0 Å². The Morgan fingerprint density at radius 1 is 0.833 bits per heavy atom. The molecule has 104 valence electrons. The smallest absolute Gasteiger partial charge is 0.101 e. The van der Waals surface area contributed by atoms with Gasteiger partial charge in [0.2, 0.25) is 0 Å². The van der Waals surface area contributed by atoms with Crippen LogP contribution in [0.15, 0.2) is 30.3 Å². The highest BCUT2D eigenvalue weighted by Crippen LogP contribution is 2.05. The van der Waals surface area contributed by atoms with Crippen LogP contribution in [0.4, 0.5) is 0 Å². The van der Waals surface area contributed by atoms with Gasteiger partial charge in [-0.1, -0.05) is 69.4 Å². The van der Waals surface area contributed by atoms with Crippen LogP contribution in [0.3, 0.4) is 0 Å². The van der Waals surface area contributed by atoms with Gasteiger partial charge >= 0.3 is 0 Å². The second-order valence-electron chi connectivity index (χ2n) is 4.89. The van der Waals surface area contributed by atoms with Crippen LogP contribution < -0.4 is 10.0 Å². The van der Waals surface area contributed by atoms with E-state index in [1.54, 1.807) is 0 Å². The normalized spacial score (nSPS) is 10.1. The van der Waals surface area contributed by atoms with Crippen LogP contribution in [0.5, 0.6) is 0 Å². The van der Waals surface area contributed by atoms with Gasteiger partial charge in [-0.2, -0.15) is 0 Å². The molecular weight excluding hydrogens is 225 g/mol. The van der Waals surface area contributed by atoms with Crippen molar-refractivity contribution in [1.82, 2.24) is 0 Å². The zero-order valence-electron chi connectivity index (χ0n) is 11.7. The van der Waals surface area contributed by atoms with Crippen molar-refractivity contribution in [1.29, 1.82) is 0 Å². The number of unbranched alkanes of at least 4 members (excludes halogenated alkanes) is 6. The lowest BCUT2D eigenvalue weighted by molar-refractivity contribution is -0.671. The molecule has 2 heteroatoms. The van der Waals surface area contributed by atoms with Crippen molar-refractivity contribution in [2.45, 2.75) is 58.4 Å². The average molecular weight is 253 g/mol. The van der Waals surface area contributed by atoms with Gasteiger partial charge in [-0.25, -0.2) is 0 Å². The number of benzene rings is 1. The second-order valence-corrected chi connectivity index (χ2v) is 4.89. The average Bonchev–Trinajstić information content (AvgIpc) is 2.38. The lowest BCUT2D eigenvalue weighted by atomic mass is 10.1. The lowest BCUT2D eigenvalue weighted by Gasteiger charge is -2.02. The molecule has 18 heavy (non-hydrogen) atoms. The molecule has 0 amide bonds. The Bertz CT molecular complexity index is 261. The first-order valence-electron chi connectivity index (χ1n) is 7.29. The van der Waals surface area contributed by atoms with Gasteiger partial charge in [0.05, 0.1) is 6.54 Å². The van der Waals surface area contributed by atoms with Crippen molar-refractivity contribution < 1.29 is 10.0 Å². The molecule has 1 aromatic rings. The number of nitrogens with two attached hydrogens (primary N) is 1. The summed E-state index contributed by atoms with van der Waals surface area (Å²) in [6, 6.07) is 10.7. The molecule has 0 atom stereocenters. The third-order valence-corrected chi connectivity index (χ3v) is 3.23. The molecule has 0 aliphatic carbocycles. The van der Waals surface area contributed by atoms with Crippen LogP contribution in [0.2, 0.25) is 0 Å². The summed E-state index contributed by atoms with van der Waals surface area (Å²) in [4.78, 5) is 0. The molecular formula is C16H28FN. The van der Waals surface area contributed by atoms with Crippen LogP contribution in [0, 0.1) is 0 Å². The minimum absolute atomic E-state index is 0. The molecule has 0 aliphatic rings.